The van der Waals surface area contributed by atoms with Gasteiger partial charge in [0.05, 0.1) is 17.2 Å². The van der Waals surface area contributed by atoms with Gasteiger partial charge in [-0.15, -0.1) is 0 Å². The van der Waals surface area contributed by atoms with Gasteiger partial charge in [-0.25, -0.2) is 0 Å². The van der Waals surface area contributed by atoms with Crippen LogP contribution in [0.2, 0.25) is 0 Å². The predicted octanol–water partition coefficient (Wildman–Crippen LogP) is 3.91. The van der Waals surface area contributed by atoms with Crippen molar-refractivity contribution in [3.63, 3.8) is 0 Å². The summed E-state index contributed by atoms with van der Waals surface area (Å²) in [6.07, 6.45) is 3.44. The summed E-state index contributed by atoms with van der Waals surface area (Å²) in [6, 6.07) is 13.7. The maximum atomic E-state index is 13.4. The normalized spacial score (nSPS) is 17.5. The van der Waals surface area contributed by atoms with Crippen molar-refractivity contribution in [3.8, 4) is 22.5 Å². The van der Waals surface area contributed by atoms with E-state index in [1.54, 1.807) is 0 Å². The Morgan fingerprint density at radius 2 is 1.86 bits per heavy atom. The number of fused-ring (bicyclic) bond motifs is 1. The lowest BCUT2D eigenvalue weighted by Gasteiger charge is -2.37. The molecule has 1 aliphatic carbocycles. The van der Waals surface area contributed by atoms with Gasteiger partial charge in [0.15, 0.2) is 0 Å². The molecule has 1 aliphatic heterocycles. The molecule has 148 valence electrons. The summed E-state index contributed by atoms with van der Waals surface area (Å²) in [5.74, 6) is 0.928. The van der Waals surface area contributed by atoms with E-state index in [1.165, 1.54) is 6.39 Å². The number of carbonyl (C=O) groups excluding carboxylic acids is 1. The Hall–Kier alpha value is -2.99. The summed E-state index contributed by atoms with van der Waals surface area (Å²) in [6.45, 7) is 4.17. The Labute approximate surface area is 169 Å². The van der Waals surface area contributed by atoms with Gasteiger partial charge in [0.25, 0.3) is 5.91 Å². The number of nitrogens with zero attached hydrogens (tertiary/aromatic N) is 3. The van der Waals surface area contributed by atoms with Crippen LogP contribution in [-0.4, -0.2) is 37.7 Å². The second-order valence-electron chi connectivity index (χ2n) is 8.54. The third-order valence-corrected chi connectivity index (χ3v) is 5.91. The number of hydrogen-bond acceptors (Lipinski definition) is 5. The first kappa shape index (κ1) is 18.1. The lowest BCUT2D eigenvalue weighted by molar-refractivity contribution is -0.0224. The van der Waals surface area contributed by atoms with E-state index in [1.807, 2.05) is 61.2 Å². The number of aromatic nitrogens is 2. The Morgan fingerprint density at radius 3 is 2.48 bits per heavy atom. The van der Waals surface area contributed by atoms with Gasteiger partial charge < -0.3 is 14.5 Å². The molecule has 2 aromatic carbocycles. The molecule has 1 amide bonds. The third kappa shape index (κ3) is 3.13. The zero-order chi connectivity index (χ0) is 20.2. The van der Waals surface area contributed by atoms with E-state index >= 15 is 0 Å². The fourth-order valence-electron chi connectivity index (χ4n) is 4.57. The van der Waals surface area contributed by atoms with Crippen LogP contribution in [0, 0.1) is 5.92 Å². The Kier molecular flexibility index (Phi) is 4.06. The van der Waals surface area contributed by atoms with Crippen LogP contribution in [0.25, 0.3) is 22.5 Å². The molecule has 3 aromatic rings. The van der Waals surface area contributed by atoms with Crippen LogP contribution in [0.1, 0.15) is 42.6 Å². The summed E-state index contributed by atoms with van der Waals surface area (Å²) >= 11 is 0. The molecule has 5 rings (SSSR count). The number of benzene rings is 2. The molecule has 0 bridgehead atoms. The Morgan fingerprint density at radius 1 is 1.14 bits per heavy atom. The van der Waals surface area contributed by atoms with Gasteiger partial charge >= 0.3 is 0 Å². The maximum Gasteiger partial charge on any atom is 0.255 e. The van der Waals surface area contributed by atoms with Crippen LogP contribution < -0.4 is 0 Å². The van der Waals surface area contributed by atoms with E-state index in [4.69, 9.17) is 4.52 Å². The van der Waals surface area contributed by atoms with Crippen molar-refractivity contribution in [2.45, 2.75) is 44.9 Å². The molecule has 0 saturated heterocycles. The van der Waals surface area contributed by atoms with Gasteiger partial charge in [-0.2, -0.15) is 4.98 Å². The van der Waals surface area contributed by atoms with Crippen molar-refractivity contribution in [1.82, 2.24) is 15.0 Å². The van der Waals surface area contributed by atoms with E-state index in [-0.39, 0.29) is 11.9 Å². The number of rotatable bonds is 5. The molecule has 1 unspecified atom stereocenters. The fraction of sp³-hybridized carbons (Fsp3) is 0.348. The fourth-order valence-corrected chi connectivity index (χ4v) is 4.57. The molecular formula is C23H23N3O3. The zero-order valence-corrected chi connectivity index (χ0v) is 16.5. The number of amides is 1. The number of carbonyl (C=O) groups is 1. The highest BCUT2D eigenvalue weighted by Crippen LogP contribution is 2.44. The summed E-state index contributed by atoms with van der Waals surface area (Å²) < 4.78 is 4.81. The van der Waals surface area contributed by atoms with Crippen LogP contribution in [0.15, 0.2) is 53.4 Å². The minimum atomic E-state index is -0.925. The van der Waals surface area contributed by atoms with E-state index in [9.17, 15) is 9.90 Å². The van der Waals surface area contributed by atoms with Crippen molar-refractivity contribution < 1.29 is 14.4 Å². The quantitative estimate of drug-likeness (QED) is 0.716. The van der Waals surface area contributed by atoms with Crippen LogP contribution in [0.3, 0.4) is 0 Å². The lowest BCUT2D eigenvalue weighted by Crippen LogP contribution is -2.51. The summed E-state index contributed by atoms with van der Waals surface area (Å²) in [4.78, 5) is 19.4. The van der Waals surface area contributed by atoms with Gasteiger partial charge in [-0.1, -0.05) is 47.6 Å². The van der Waals surface area contributed by atoms with Gasteiger partial charge in [0, 0.05) is 12.1 Å². The number of aliphatic hydroxyl groups is 1. The van der Waals surface area contributed by atoms with Gasteiger partial charge in [-0.3, -0.25) is 4.79 Å². The van der Waals surface area contributed by atoms with E-state index in [0.29, 0.717) is 18.3 Å². The molecule has 29 heavy (non-hydrogen) atoms. The minimum absolute atomic E-state index is 0.0110. The van der Waals surface area contributed by atoms with Gasteiger partial charge in [-0.05, 0) is 49.3 Å². The van der Waals surface area contributed by atoms with E-state index in [0.717, 1.165) is 40.7 Å². The van der Waals surface area contributed by atoms with Crippen molar-refractivity contribution in [1.29, 1.82) is 0 Å². The first-order valence-corrected chi connectivity index (χ1v) is 9.96. The molecule has 2 aliphatic rings. The highest BCUT2D eigenvalue weighted by atomic mass is 16.5. The molecule has 0 spiro atoms. The molecular weight excluding hydrogens is 366 g/mol. The Bertz CT molecular complexity index is 1050. The third-order valence-electron chi connectivity index (χ3n) is 5.91. The SMILES string of the molecule is CC(C)(O)C(C1CC1)N1Cc2cccc(-c3ccc(-c4ncon4)cc3)c2C1=O. The second-order valence-corrected chi connectivity index (χ2v) is 8.54. The predicted molar refractivity (Wildman–Crippen MR) is 108 cm³/mol. The lowest BCUT2D eigenvalue weighted by atomic mass is 9.92. The molecule has 0 radical (unpaired) electrons. The van der Waals surface area contributed by atoms with Crippen LogP contribution >= 0.6 is 0 Å². The first-order valence-electron chi connectivity index (χ1n) is 9.96. The minimum Gasteiger partial charge on any atom is -0.388 e. The van der Waals surface area contributed by atoms with Crippen molar-refractivity contribution in [2.75, 3.05) is 0 Å². The molecule has 1 saturated carbocycles. The van der Waals surface area contributed by atoms with Crippen molar-refractivity contribution in [3.05, 3.63) is 60.0 Å². The van der Waals surface area contributed by atoms with Crippen molar-refractivity contribution in [2.24, 2.45) is 5.92 Å². The average Bonchev–Trinajstić information content (AvgIpc) is 3.24. The van der Waals surface area contributed by atoms with Gasteiger partial charge in [0.1, 0.15) is 0 Å². The highest BCUT2D eigenvalue weighted by Gasteiger charge is 2.48. The number of hydrogen-bond donors (Lipinski definition) is 1. The molecule has 1 N–H and O–H groups in total. The molecule has 1 fully saturated rings. The average molecular weight is 389 g/mol. The van der Waals surface area contributed by atoms with Crippen LogP contribution in [0.4, 0.5) is 0 Å². The zero-order valence-electron chi connectivity index (χ0n) is 16.5. The second kappa shape index (κ2) is 6.52. The van der Waals surface area contributed by atoms with E-state index in [2.05, 4.69) is 10.1 Å². The monoisotopic (exact) mass is 389 g/mol. The molecule has 2 heterocycles. The van der Waals surface area contributed by atoms with Gasteiger partial charge in [0.2, 0.25) is 12.2 Å². The molecule has 6 heteroatoms. The molecule has 6 nitrogen and oxygen atoms in total. The summed E-state index contributed by atoms with van der Waals surface area (Å²) in [7, 11) is 0. The van der Waals surface area contributed by atoms with E-state index < -0.39 is 5.60 Å². The molecule has 1 atom stereocenters. The summed E-state index contributed by atoms with van der Waals surface area (Å²) in [5, 5.41) is 14.6. The standard InChI is InChI=1S/C23H23N3O3/c1-23(2,28)20(15-8-9-15)26-12-17-4-3-5-18(19(17)22(26)27)14-6-10-16(11-7-14)21-24-13-29-25-21/h3-7,10-11,13,15,20,28H,8-9,12H2,1-2H3. The largest absolute Gasteiger partial charge is 0.388 e. The van der Waals surface area contributed by atoms with Crippen LogP contribution in [-0.2, 0) is 6.54 Å². The first-order chi connectivity index (χ1) is 13.9. The Balaban J connectivity index is 1.50. The highest BCUT2D eigenvalue weighted by molar-refractivity contribution is 6.04. The molecule has 1 aromatic heterocycles. The topological polar surface area (TPSA) is 79.5 Å². The van der Waals surface area contributed by atoms with Crippen LogP contribution in [0.5, 0.6) is 0 Å². The smallest absolute Gasteiger partial charge is 0.255 e. The van der Waals surface area contributed by atoms with Crippen molar-refractivity contribution >= 4 is 5.91 Å². The maximum absolute atomic E-state index is 13.4. The summed E-state index contributed by atoms with van der Waals surface area (Å²) in [5.41, 5.74) is 3.58.